The minimum Gasteiger partial charge on any atom is -0.508 e. The molecule has 4 N–H and O–H groups in total. The molecular formula is C24H27N5O3. The van der Waals surface area contributed by atoms with Crippen LogP contribution in [0.5, 0.6) is 5.75 Å². The van der Waals surface area contributed by atoms with E-state index in [0.29, 0.717) is 36.3 Å². The van der Waals surface area contributed by atoms with Gasteiger partial charge in [0.1, 0.15) is 5.75 Å². The first kappa shape index (κ1) is 20.7. The zero-order chi connectivity index (χ0) is 22.1. The highest BCUT2D eigenvalue weighted by atomic mass is 16.3. The number of nitrogens with one attached hydrogen (secondary N) is 1. The fraction of sp³-hybridized carbons (Fsp3) is 0.375. The van der Waals surface area contributed by atoms with Gasteiger partial charge in [0.15, 0.2) is 5.82 Å². The highest BCUT2D eigenvalue weighted by Crippen LogP contribution is 2.30. The fourth-order valence-corrected chi connectivity index (χ4v) is 4.59. The predicted octanol–water partition coefficient (Wildman–Crippen LogP) is 2.49. The van der Waals surface area contributed by atoms with Crippen molar-refractivity contribution in [2.75, 3.05) is 16.8 Å². The molecule has 3 atom stereocenters. The molecule has 1 aliphatic carbocycles. The van der Waals surface area contributed by atoms with Crippen LogP contribution in [0.15, 0.2) is 48.5 Å². The molecule has 2 heterocycles. The number of anilines is 2. The van der Waals surface area contributed by atoms with Crippen molar-refractivity contribution in [3.8, 4) is 17.1 Å². The van der Waals surface area contributed by atoms with Gasteiger partial charge in [0.05, 0.1) is 24.8 Å². The molecule has 1 aliphatic heterocycles. The number of nitrogens with zero attached hydrogens (tertiary/aromatic N) is 4. The van der Waals surface area contributed by atoms with Crippen molar-refractivity contribution in [1.82, 2.24) is 15.0 Å². The van der Waals surface area contributed by atoms with Crippen LogP contribution in [0.1, 0.15) is 30.4 Å². The molecule has 5 rings (SSSR count). The Hall–Kier alpha value is -3.23. The average Bonchev–Trinajstić information content (AvgIpc) is 3.22. The highest BCUT2D eigenvalue weighted by molar-refractivity contribution is 5.60. The van der Waals surface area contributed by atoms with E-state index in [1.165, 1.54) is 11.1 Å². The summed E-state index contributed by atoms with van der Waals surface area (Å²) in [5, 5.41) is 33.6. The van der Waals surface area contributed by atoms with Crippen molar-refractivity contribution in [1.29, 1.82) is 0 Å². The van der Waals surface area contributed by atoms with Gasteiger partial charge in [0.2, 0.25) is 11.9 Å². The third-order valence-electron chi connectivity index (χ3n) is 6.34. The molecule has 0 saturated heterocycles. The van der Waals surface area contributed by atoms with Crippen molar-refractivity contribution < 1.29 is 15.3 Å². The quantitative estimate of drug-likeness (QED) is 0.485. The number of hydrogen-bond donors (Lipinski definition) is 4. The standard InChI is InChI=1S/C24H27N5O3/c30-14-18-11-15-5-1-2-6-17(15)13-29(18)24-27-22(16-7-3-8-19(31)12-16)26-23(28-24)25-20-9-4-10-21(20)32/h1-3,5-8,12,18,20-21,30-32H,4,9-11,13-14H2,(H,25,26,27,28)/t18-,20?,21?/m1/s1. The van der Waals surface area contributed by atoms with Crippen LogP contribution in [-0.2, 0) is 13.0 Å². The summed E-state index contributed by atoms with van der Waals surface area (Å²) < 4.78 is 0. The SMILES string of the molecule is OC[C@H]1Cc2ccccc2CN1c1nc(NC2CCCC2O)nc(-c2cccc(O)c2)n1. The highest BCUT2D eigenvalue weighted by Gasteiger charge is 2.30. The van der Waals surface area contributed by atoms with Crippen LogP contribution in [0.25, 0.3) is 11.4 Å². The number of aromatic nitrogens is 3. The number of benzene rings is 2. The molecule has 166 valence electrons. The van der Waals surface area contributed by atoms with E-state index in [2.05, 4.69) is 27.4 Å². The lowest BCUT2D eigenvalue weighted by Gasteiger charge is -2.36. The van der Waals surface area contributed by atoms with Crippen LogP contribution < -0.4 is 10.2 Å². The van der Waals surface area contributed by atoms with E-state index < -0.39 is 6.10 Å². The number of phenols is 1. The summed E-state index contributed by atoms with van der Waals surface area (Å²) in [5.41, 5.74) is 3.07. The first-order chi connectivity index (χ1) is 15.6. The Morgan fingerprint density at radius 2 is 1.84 bits per heavy atom. The Kier molecular flexibility index (Phi) is 5.63. The molecule has 32 heavy (non-hydrogen) atoms. The number of rotatable bonds is 5. The second kappa shape index (κ2) is 8.72. The Bertz CT molecular complexity index is 1110. The van der Waals surface area contributed by atoms with Crippen LogP contribution in [-0.4, -0.2) is 55.1 Å². The van der Waals surface area contributed by atoms with E-state index in [4.69, 9.17) is 4.98 Å². The van der Waals surface area contributed by atoms with E-state index >= 15 is 0 Å². The van der Waals surface area contributed by atoms with Crippen molar-refractivity contribution >= 4 is 11.9 Å². The summed E-state index contributed by atoms with van der Waals surface area (Å²) in [5.74, 6) is 1.40. The van der Waals surface area contributed by atoms with Crippen LogP contribution >= 0.6 is 0 Å². The van der Waals surface area contributed by atoms with Gasteiger partial charge in [0.25, 0.3) is 0 Å². The molecule has 8 nitrogen and oxygen atoms in total. The van der Waals surface area contributed by atoms with E-state index in [-0.39, 0.29) is 24.4 Å². The molecule has 0 bridgehead atoms. The monoisotopic (exact) mass is 433 g/mol. The van der Waals surface area contributed by atoms with Gasteiger partial charge in [-0.1, -0.05) is 36.4 Å². The van der Waals surface area contributed by atoms with Gasteiger partial charge in [-0.05, 0) is 48.9 Å². The van der Waals surface area contributed by atoms with Gasteiger partial charge in [-0.3, -0.25) is 0 Å². The smallest absolute Gasteiger partial charge is 0.231 e. The summed E-state index contributed by atoms with van der Waals surface area (Å²) in [7, 11) is 0. The maximum atomic E-state index is 10.3. The summed E-state index contributed by atoms with van der Waals surface area (Å²) in [6, 6.07) is 14.7. The largest absolute Gasteiger partial charge is 0.508 e. The third kappa shape index (κ3) is 4.11. The van der Waals surface area contributed by atoms with Crippen molar-refractivity contribution in [3.63, 3.8) is 0 Å². The first-order valence-electron chi connectivity index (χ1n) is 11.0. The summed E-state index contributed by atoms with van der Waals surface area (Å²) in [6.45, 7) is 0.558. The first-order valence-corrected chi connectivity index (χ1v) is 11.0. The molecule has 0 radical (unpaired) electrons. The minimum absolute atomic E-state index is 0.0222. The van der Waals surface area contributed by atoms with Gasteiger partial charge in [-0.15, -0.1) is 0 Å². The fourth-order valence-electron chi connectivity index (χ4n) is 4.59. The Balaban J connectivity index is 1.56. The zero-order valence-electron chi connectivity index (χ0n) is 17.7. The molecule has 8 heteroatoms. The van der Waals surface area contributed by atoms with Gasteiger partial charge in [-0.2, -0.15) is 15.0 Å². The molecule has 0 amide bonds. The minimum atomic E-state index is -0.438. The predicted molar refractivity (Wildman–Crippen MR) is 121 cm³/mol. The average molecular weight is 434 g/mol. The number of aliphatic hydroxyl groups excluding tert-OH is 2. The van der Waals surface area contributed by atoms with Crippen LogP contribution in [0.2, 0.25) is 0 Å². The molecule has 2 unspecified atom stereocenters. The molecule has 2 aromatic carbocycles. The number of hydrogen-bond acceptors (Lipinski definition) is 8. The molecule has 2 aliphatic rings. The van der Waals surface area contributed by atoms with Crippen molar-refractivity contribution in [3.05, 3.63) is 59.7 Å². The maximum absolute atomic E-state index is 10.3. The van der Waals surface area contributed by atoms with Gasteiger partial charge < -0.3 is 25.5 Å². The zero-order valence-corrected chi connectivity index (χ0v) is 17.7. The van der Waals surface area contributed by atoms with Gasteiger partial charge >= 0.3 is 0 Å². The summed E-state index contributed by atoms with van der Waals surface area (Å²) in [4.78, 5) is 16.0. The van der Waals surface area contributed by atoms with Crippen molar-refractivity contribution in [2.24, 2.45) is 0 Å². The lowest BCUT2D eigenvalue weighted by molar-refractivity contribution is 0.171. The summed E-state index contributed by atoms with van der Waals surface area (Å²) >= 11 is 0. The number of aliphatic hydroxyl groups is 2. The Labute approximate surface area is 186 Å². The Morgan fingerprint density at radius 1 is 1.00 bits per heavy atom. The normalized spacial score (nSPS) is 22.6. The van der Waals surface area contributed by atoms with E-state index in [1.54, 1.807) is 18.2 Å². The second-order valence-electron chi connectivity index (χ2n) is 8.52. The van der Waals surface area contributed by atoms with Crippen LogP contribution in [0.4, 0.5) is 11.9 Å². The topological polar surface area (TPSA) is 115 Å². The van der Waals surface area contributed by atoms with Gasteiger partial charge in [-0.25, -0.2) is 0 Å². The molecule has 3 aromatic rings. The number of aromatic hydroxyl groups is 1. The van der Waals surface area contributed by atoms with E-state index in [1.807, 2.05) is 23.1 Å². The number of phenolic OH excluding ortho intramolecular Hbond substituents is 1. The molecule has 1 fully saturated rings. The third-order valence-corrected chi connectivity index (χ3v) is 6.34. The van der Waals surface area contributed by atoms with E-state index in [0.717, 1.165) is 19.3 Å². The lowest BCUT2D eigenvalue weighted by atomic mass is 9.94. The number of fused-ring (bicyclic) bond motifs is 1. The van der Waals surface area contributed by atoms with Crippen molar-refractivity contribution in [2.45, 2.75) is 50.4 Å². The summed E-state index contributed by atoms with van der Waals surface area (Å²) in [6.07, 6.45) is 2.81. The molecule has 1 aromatic heterocycles. The molecule has 0 spiro atoms. The molecule has 1 saturated carbocycles. The van der Waals surface area contributed by atoms with E-state index in [9.17, 15) is 15.3 Å². The van der Waals surface area contributed by atoms with Gasteiger partial charge in [0, 0.05) is 12.1 Å². The van der Waals surface area contributed by atoms with Crippen LogP contribution in [0.3, 0.4) is 0 Å². The second-order valence-corrected chi connectivity index (χ2v) is 8.52. The Morgan fingerprint density at radius 3 is 2.59 bits per heavy atom. The lowest BCUT2D eigenvalue weighted by Crippen LogP contribution is -2.44. The van der Waals surface area contributed by atoms with Crippen LogP contribution in [0, 0.1) is 0 Å². The molecular weight excluding hydrogens is 406 g/mol. The maximum Gasteiger partial charge on any atom is 0.231 e.